The van der Waals surface area contributed by atoms with E-state index in [0.29, 0.717) is 6.54 Å². The van der Waals surface area contributed by atoms with Crippen LogP contribution in [0.5, 0.6) is 0 Å². The molecule has 3 nitrogen and oxygen atoms in total. The molecule has 0 aliphatic carbocycles. The van der Waals surface area contributed by atoms with Crippen LogP contribution in [0.15, 0.2) is 36.4 Å². The molecule has 0 aromatic heterocycles. The largest absolute Gasteiger partial charge is 0.478 e. The van der Waals surface area contributed by atoms with E-state index >= 15 is 0 Å². The van der Waals surface area contributed by atoms with Crippen LogP contribution >= 0.6 is 0 Å². The summed E-state index contributed by atoms with van der Waals surface area (Å²) in [7, 11) is 0. The van der Waals surface area contributed by atoms with Gasteiger partial charge in [-0.2, -0.15) is 0 Å². The second kappa shape index (κ2) is 5.74. The maximum atomic E-state index is 13.6. The molecular formula is C16H16FNO2. The van der Waals surface area contributed by atoms with Gasteiger partial charge in [-0.1, -0.05) is 23.8 Å². The average Bonchev–Trinajstić information content (AvgIpc) is 2.39. The average molecular weight is 273 g/mol. The van der Waals surface area contributed by atoms with E-state index in [1.165, 1.54) is 17.7 Å². The first-order valence-electron chi connectivity index (χ1n) is 6.30. The van der Waals surface area contributed by atoms with Gasteiger partial charge in [0.05, 0.1) is 11.3 Å². The van der Waals surface area contributed by atoms with Crippen molar-refractivity contribution in [3.8, 4) is 0 Å². The molecule has 0 unspecified atom stereocenters. The van der Waals surface area contributed by atoms with E-state index < -0.39 is 11.8 Å². The summed E-state index contributed by atoms with van der Waals surface area (Å²) in [6, 6.07) is 9.75. The molecule has 0 bridgehead atoms. The first kappa shape index (κ1) is 14.1. The molecule has 20 heavy (non-hydrogen) atoms. The van der Waals surface area contributed by atoms with Crippen LogP contribution < -0.4 is 5.32 Å². The molecule has 2 N–H and O–H groups in total. The molecule has 2 aromatic rings. The topological polar surface area (TPSA) is 49.3 Å². The van der Waals surface area contributed by atoms with Crippen LogP contribution in [-0.4, -0.2) is 11.1 Å². The summed E-state index contributed by atoms with van der Waals surface area (Å²) in [5.41, 5.74) is 3.60. The smallest absolute Gasteiger partial charge is 0.335 e. The quantitative estimate of drug-likeness (QED) is 0.891. The molecule has 0 atom stereocenters. The first-order chi connectivity index (χ1) is 9.47. The molecule has 104 valence electrons. The Balaban J connectivity index is 2.18. The summed E-state index contributed by atoms with van der Waals surface area (Å²) in [5, 5.41) is 11.9. The molecule has 4 heteroatoms. The molecule has 0 saturated heterocycles. The van der Waals surface area contributed by atoms with Gasteiger partial charge in [0.1, 0.15) is 5.82 Å². The van der Waals surface area contributed by atoms with Crippen LogP contribution in [0.1, 0.15) is 27.0 Å². The van der Waals surface area contributed by atoms with Crippen LogP contribution in [0.2, 0.25) is 0 Å². The number of hydrogen-bond acceptors (Lipinski definition) is 2. The summed E-state index contributed by atoms with van der Waals surface area (Å²) >= 11 is 0. The highest BCUT2D eigenvalue weighted by Gasteiger charge is 2.08. The van der Waals surface area contributed by atoms with Gasteiger partial charge in [-0.05, 0) is 43.2 Å². The monoisotopic (exact) mass is 273 g/mol. The highest BCUT2D eigenvalue weighted by atomic mass is 19.1. The third-order valence-corrected chi connectivity index (χ3v) is 3.18. The minimum absolute atomic E-state index is 0.0644. The molecule has 0 aliphatic heterocycles. The number of nitrogens with one attached hydrogen (secondary N) is 1. The van der Waals surface area contributed by atoms with Crippen LogP contribution in [0.25, 0.3) is 0 Å². The van der Waals surface area contributed by atoms with Gasteiger partial charge in [-0.3, -0.25) is 0 Å². The Morgan fingerprint density at radius 2 is 1.95 bits per heavy atom. The van der Waals surface area contributed by atoms with Gasteiger partial charge < -0.3 is 10.4 Å². The van der Waals surface area contributed by atoms with Gasteiger partial charge in [0, 0.05) is 6.54 Å². The zero-order valence-corrected chi connectivity index (χ0v) is 11.4. The fourth-order valence-electron chi connectivity index (χ4n) is 2.03. The van der Waals surface area contributed by atoms with E-state index in [4.69, 9.17) is 5.11 Å². The van der Waals surface area contributed by atoms with Crippen molar-refractivity contribution in [1.82, 2.24) is 0 Å². The lowest BCUT2D eigenvalue weighted by molar-refractivity contribution is 0.0697. The Morgan fingerprint density at radius 3 is 2.60 bits per heavy atom. The third kappa shape index (κ3) is 3.15. The second-order valence-electron chi connectivity index (χ2n) is 4.78. The van der Waals surface area contributed by atoms with Gasteiger partial charge >= 0.3 is 5.97 Å². The number of halogens is 1. The van der Waals surface area contributed by atoms with Crippen molar-refractivity contribution in [3.05, 3.63) is 64.5 Å². The molecular weight excluding hydrogens is 257 g/mol. The lowest BCUT2D eigenvalue weighted by atomic mass is 10.1. The fourth-order valence-corrected chi connectivity index (χ4v) is 2.03. The second-order valence-corrected chi connectivity index (χ2v) is 4.78. The van der Waals surface area contributed by atoms with Gasteiger partial charge in [0.25, 0.3) is 0 Å². The molecule has 0 amide bonds. The summed E-state index contributed by atoms with van der Waals surface area (Å²) in [5.74, 6) is -1.53. The maximum Gasteiger partial charge on any atom is 0.335 e. The third-order valence-electron chi connectivity index (χ3n) is 3.18. The van der Waals surface area contributed by atoms with Gasteiger partial charge in [0.2, 0.25) is 0 Å². The van der Waals surface area contributed by atoms with Crippen molar-refractivity contribution in [2.45, 2.75) is 20.4 Å². The predicted molar refractivity (Wildman–Crippen MR) is 76.6 cm³/mol. The summed E-state index contributed by atoms with van der Waals surface area (Å²) in [6.45, 7) is 4.46. The molecule has 0 fully saturated rings. The standard InChI is InChI=1S/C16H16FNO2/c1-10-3-4-13(11(2)7-10)9-18-15-8-12(16(19)20)5-6-14(15)17/h3-8,18H,9H2,1-2H3,(H,19,20). The van der Waals surface area contributed by atoms with E-state index in [1.54, 1.807) is 0 Å². The minimum atomic E-state index is -1.07. The van der Waals surface area contributed by atoms with E-state index in [-0.39, 0.29) is 11.3 Å². The minimum Gasteiger partial charge on any atom is -0.478 e. The van der Waals surface area contributed by atoms with Crippen molar-refractivity contribution >= 4 is 11.7 Å². The van der Waals surface area contributed by atoms with Gasteiger partial charge in [-0.15, -0.1) is 0 Å². The zero-order chi connectivity index (χ0) is 14.7. The van der Waals surface area contributed by atoms with Gasteiger partial charge in [-0.25, -0.2) is 9.18 Å². The number of carboxylic acids is 1. The SMILES string of the molecule is Cc1ccc(CNc2cc(C(=O)O)ccc2F)c(C)c1. The molecule has 2 aromatic carbocycles. The number of aryl methyl sites for hydroxylation is 2. The number of hydrogen-bond donors (Lipinski definition) is 2. The van der Waals surface area contributed by atoms with Crippen molar-refractivity contribution in [1.29, 1.82) is 0 Å². The Hall–Kier alpha value is -2.36. The maximum absolute atomic E-state index is 13.6. The molecule has 0 aliphatic rings. The van der Waals surface area contributed by atoms with E-state index in [9.17, 15) is 9.18 Å². The molecule has 2 rings (SSSR count). The predicted octanol–water partition coefficient (Wildman–Crippen LogP) is 3.75. The zero-order valence-electron chi connectivity index (χ0n) is 11.4. The summed E-state index contributed by atoms with van der Waals surface area (Å²) in [6.07, 6.45) is 0. The van der Waals surface area contributed by atoms with Crippen molar-refractivity contribution < 1.29 is 14.3 Å². The van der Waals surface area contributed by atoms with Crippen molar-refractivity contribution in [2.24, 2.45) is 0 Å². The number of benzene rings is 2. The van der Waals surface area contributed by atoms with E-state index in [0.717, 1.165) is 17.2 Å². The number of carboxylic acid groups (broad SMARTS) is 1. The first-order valence-corrected chi connectivity index (χ1v) is 6.30. The number of aromatic carboxylic acids is 1. The molecule has 0 saturated carbocycles. The Morgan fingerprint density at radius 1 is 1.20 bits per heavy atom. The molecule has 0 spiro atoms. The van der Waals surface area contributed by atoms with Crippen molar-refractivity contribution in [2.75, 3.05) is 5.32 Å². The highest BCUT2D eigenvalue weighted by Crippen LogP contribution is 2.18. The normalized spacial score (nSPS) is 10.3. The fraction of sp³-hybridized carbons (Fsp3) is 0.188. The Labute approximate surface area is 117 Å². The summed E-state index contributed by atoms with van der Waals surface area (Å²) < 4.78 is 13.6. The van der Waals surface area contributed by atoms with E-state index in [1.807, 2.05) is 26.0 Å². The van der Waals surface area contributed by atoms with Crippen LogP contribution in [0.4, 0.5) is 10.1 Å². The van der Waals surface area contributed by atoms with Crippen LogP contribution in [0.3, 0.4) is 0 Å². The number of carbonyl (C=O) groups is 1. The van der Waals surface area contributed by atoms with Gasteiger partial charge in [0.15, 0.2) is 0 Å². The Bertz CT molecular complexity index is 653. The van der Waals surface area contributed by atoms with Crippen molar-refractivity contribution in [3.63, 3.8) is 0 Å². The van der Waals surface area contributed by atoms with E-state index in [2.05, 4.69) is 11.4 Å². The highest BCUT2D eigenvalue weighted by molar-refractivity contribution is 5.88. The molecule has 0 radical (unpaired) electrons. The molecule has 0 heterocycles. The van der Waals surface area contributed by atoms with Crippen LogP contribution in [0, 0.1) is 19.7 Å². The number of anilines is 1. The van der Waals surface area contributed by atoms with Crippen LogP contribution in [-0.2, 0) is 6.54 Å². The summed E-state index contributed by atoms with van der Waals surface area (Å²) in [4.78, 5) is 10.9. The lowest BCUT2D eigenvalue weighted by Crippen LogP contribution is -2.05. The lowest BCUT2D eigenvalue weighted by Gasteiger charge is -2.11. The Kier molecular flexibility index (Phi) is 4.03. The number of rotatable bonds is 4.